The second kappa shape index (κ2) is 7.18. The largest absolute Gasteiger partial charge is 0.489 e. The fourth-order valence-electron chi connectivity index (χ4n) is 2.25. The van der Waals surface area contributed by atoms with Crippen LogP contribution in [0.5, 0.6) is 5.75 Å². The third kappa shape index (κ3) is 4.26. The summed E-state index contributed by atoms with van der Waals surface area (Å²) in [5, 5.41) is 3.46. The molecule has 0 aliphatic rings. The molecule has 0 aliphatic carbocycles. The molecule has 2 rings (SSSR count). The Labute approximate surface area is 126 Å². The van der Waals surface area contributed by atoms with Gasteiger partial charge in [0.05, 0.1) is 24.0 Å². The highest BCUT2D eigenvalue weighted by atomic mass is 16.5. The van der Waals surface area contributed by atoms with E-state index in [9.17, 15) is 0 Å². The summed E-state index contributed by atoms with van der Waals surface area (Å²) in [5.41, 5.74) is 3.08. The zero-order chi connectivity index (χ0) is 15.2. The summed E-state index contributed by atoms with van der Waals surface area (Å²) in [7, 11) is 0. The van der Waals surface area contributed by atoms with E-state index in [0.29, 0.717) is 0 Å². The van der Waals surface area contributed by atoms with Crippen molar-refractivity contribution < 1.29 is 4.74 Å². The van der Waals surface area contributed by atoms with E-state index in [4.69, 9.17) is 4.74 Å². The van der Waals surface area contributed by atoms with Crippen molar-refractivity contribution >= 4 is 0 Å². The van der Waals surface area contributed by atoms with Crippen LogP contribution in [0.25, 0.3) is 0 Å². The molecule has 4 heteroatoms. The molecule has 112 valence electrons. The molecule has 1 atom stereocenters. The van der Waals surface area contributed by atoms with Gasteiger partial charge in [0, 0.05) is 11.9 Å². The fourth-order valence-corrected chi connectivity index (χ4v) is 2.25. The summed E-state index contributed by atoms with van der Waals surface area (Å²) >= 11 is 0. The Hall–Kier alpha value is -1.94. The summed E-state index contributed by atoms with van der Waals surface area (Å²) in [5.74, 6) is 0.790. The standard InChI is InChI=1S/C17H23N3O/c1-5-19-17(16-8-6-7-13(4)20-16)14-9-15(11-18-10-14)21-12(2)3/h6-12,17,19H,5H2,1-4H3. The minimum absolute atomic E-state index is 0.0260. The average molecular weight is 285 g/mol. The predicted octanol–water partition coefficient (Wildman–Crippen LogP) is 3.27. The van der Waals surface area contributed by atoms with Crippen LogP contribution in [0.1, 0.15) is 43.8 Å². The van der Waals surface area contributed by atoms with Gasteiger partial charge in [0.1, 0.15) is 5.75 Å². The van der Waals surface area contributed by atoms with Crippen molar-refractivity contribution in [3.05, 3.63) is 53.6 Å². The quantitative estimate of drug-likeness (QED) is 0.885. The van der Waals surface area contributed by atoms with Crippen LogP contribution in [0, 0.1) is 6.92 Å². The molecule has 0 fully saturated rings. The molecule has 0 saturated heterocycles. The van der Waals surface area contributed by atoms with E-state index in [1.807, 2.05) is 51.2 Å². The molecule has 1 N–H and O–H groups in total. The number of nitrogens with zero attached hydrogens (tertiary/aromatic N) is 2. The van der Waals surface area contributed by atoms with E-state index in [2.05, 4.69) is 22.2 Å². The Balaban J connectivity index is 2.34. The predicted molar refractivity (Wildman–Crippen MR) is 84.5 cm³/mol. The van der Waals surface area contributed by atoms with Gasteiger partial charge in [0.15, 0.2) is 0 Å². The lowest BCUT2D eigenvalue weighted by atomic mass is 10.0. The molecule has 1 unspecified atom stereocenters. The number of aryl methyl sites for hydroxylation is 1. The van der Waals surface area contributed by atoms with Gasteiger partial charge >= 0.3 is 0 Å². The van der Waals surface area contributed by atoms with Crippen molar-refractivity contribution in [1.29, 1.82) is 0 Å². The van der Waals surface area contributed by atoms with Gasteiger partial charge < -0.3 is 10.1 Å². The van der Waals surface area contributed by atoms with Crippen LogP contribution >= 0.6 is 0 Å². The Morgan fingerprint density at radius 3 is 2.71 bits per heavy atom. The number of rotatable bonds is 6. The summed E-state index contributed by atoms with van der Waals surface area (Å²) in [6.07, 6.45) is 3.75. The van der Waals surface area contributed by atoms with Gasteiger partial charge in [0.2, 0.25) is 0 Å². The molecule has 2 aromatic heterocycles. The van der Waals surface area contributed by atoms with E-state index in [-0.39, 0.29) is 12.1 Å². The van der Waals surface area contributed by atoms with Crippen LogP contribution in [0.3, 0.4) is 0 Å². The zero-order valence-corrected chi connectivity index (χ0v) is 13.1. The molecule has 0 aliphatic heterocycles. The highest BCUT2D eigenvalue weighted by Gasteiger charge is 2.16. The first-order valence-electron chi connectivity index (χ1n) is 7.38. The topological polar surface area (TPSA) is 47.0 Å². The highest BCUT2D eigenvalue weighted by Crippen LogP contribution is 2.23. The second-order valence-electron chi connectivity index (χ2n) is 5.32. The highest BCUT2D eigenvalue weighted by molar-refractivity contribution is 5.32. The maximum Gasteiger partial charge on any atom is 0.138 e. The molecule has 0 amide bonds. The SMILES string of the molecule is CCNC(c1cncc(OC(C)C)c1)c1cccc(C)n1. The smallest absolute Gasteiger partial charge is 0.138 e. The van der Waals surface area contributed by atoms with E-state index in [0.717, 1.165) is 29.2 Å². The van der Waals surface area contributed by atoms with Crippen molar-refractivity contribution in [2.45, 2.75) is 39.8 Å². The van der Waals surface area contributed by atoms with E-state index in [1.54, 1.807) is 6.20 Å². The summed E-state index contributed by atoms with van der Waals surface area (Å²) < 4.78 is 5.73. The molecule has 0 bridgehead atoms. The Morgan fingerprint density at radius 2 is 2.05 bits per heavy atom. The van der Waals surface area contributed by atoms with E-state index in [1.165, 1.54) is 0 Å². The Bertz CT molecular complexity index is 584. The van der Waals surface area contributed by atoms with Crippen LogP contribution in [0.4, 0.5) is 0 Å². The van der Waals surface area contributed by atoms with Gasteiger partial charge in [-0.25, -0.2) is 0 Å². The number of aromatic nitrogens is 2. The normalized spacial score (nSPS) is 12.4. The van der Waals surface area contributed by atoms with Crippen molar-refractivity contribution in [3.63, 3.8) is 0 Å². The first-order chi connectivity index (χ1) is 10.1. The number of ether oxygens (including phenoxy) is 1. The fraction of sp³-hybridized carbons (Fsp3) is 0.412. The number of nitrogens with one attached hydrogen (secondary N) is 1. The van der Waals surface area contributed by atoms with Gasteiger partial charge in [-0.2, -0.15) is 0 Å². The van der Waals surface area contributed by atoms with Gasteiger partial charge in [0.25, 0.3) is 0 Å². The van der Waals surface area contributed by atoms with Crippen molar-refractivity contribution in [3.8, 4) is 5.75 Å². The molecular formula is C17H23N3O. The van der Waals surface area contributed by atoms with Crippen molar-refractivity contribution in [2.75, 3.05) is 6.54 Å². The van der Waals surface area contributed by atoms with E-state index < -0.39 is 0 Å². The van der Waals surface area contributed by atoms with Crippen molar-refractivity contribution in [1.82, 2.24) is 15.3 Å². The third-order valence-corrected chi connectivity index (χ3v) is 3.05. The summed E-state index contributed by atoms with van der Waals surface area (Å²) in [6, 6.07) is 8.13. The summed E-state index contributed by atoms with van der Waals surface area (Å²) in [4.78, 5) is 8.92. The van der Waals surface area contributed by atoms with Gasteiger partial charge in [-0.3, -0.25) is 9.97 Å². The first kappa shape index (κ1) is 15.4. The van der Waals surface area contributed by atoms with E-state index >= 15 is 0 Å². The monoisotopic (exact) mass is 285 g/mol. The van der Waals surface area contributed by atoms with Gasteiger partial charge in [-0.15, -0.1) is 0 Å². The Morgan fingerprint density at radius 1 is 1.24 bits per heavy atom. The van der Waals surface area contributed by atoms with Crippen LogP contribution in [0.2, 0.25) is 0 Å². The lowest BCUT2D eigenvalue weighted by Crippen LogP contribution is -2.23. The van der Waals surface area contributed by atoms with Crippen molar-refractivity contribution in [2.24, 2.45) is 0 Å². The molecule has 21 heavy (non-hydrogen) atoms. The first-order valence-corrected chi connectivity index (χ1v) is 7.38. The zero-order valence-electron chi connectivity index (χ0n) is 13.1. The average Bonchev–Trinajstić information content (AvgIpc) is 2.44. The van der Waals surface area contributed by atoms with Crippen LogP contribution in [-0.2, 0) is 0 Å². The molecule has 2 heterocycles. The number of hydrogen-bond donors (Lipinski definition) is 1. The molecule has 0 spiro atoms. The van der Waals surface area contributed by atoms with Gasteiger partial charge in [-0.1, -0.05) is 13.0 Å². The minimum Gasteiger partial charge on any atom is -0.489 e. The lowest BCUT2D eigenvalue weighted by molar-refractivity contribution is 0.241. The molecule has 0 radical (unpaired) electrons. The molecule has 2 aromatic rings. The van der Waals surface area contributed by atoms with Crippen LogP contribution in [-0.4, -0.2) is 22.6 Å². The maximum absolute atomic E-state index is 5.73. The summed E-state index contributed by atoms with van der Waals surface area (Å²) in [6.45, 7) is 8.97. The van der Waals surface area contributed by atoms with Gasteiger partial charge in [-0.05, 0) is 51.1 Å². The lowest BCUT2D eigenvalue weighted by Gasteiger charge is -2.19. The second-order valence-corrected chi connectivity index (χ2v) is 5.32. The Kier molecular flexibility index (Phi) is 5.28. The number of pyridine rings is 2. The molecule has 4 nitrogen and oxygen atoms in total. The minimum atomic E-state index is 0.0260. The molecule has 0 saturated carbocycles. The molecule has 0 aromatic carbocycles. The van der Waals surface area contributed by atoms with Crippen LogP contribution < -0.4 is 10.1 Å². The third-order valence-electron chi connectivity index (χ3n) is 3.05. The number of hydrogen-bond acceptors (Lipinski definition) is 4. The maximum atomic E-state index is 5.73. The van der Waals surface area contributed by atoms with Crippen LogP contribution in [0.15, 0.2) is 36.7 Å². The molecular weight excluding hydrogens is 262 g/mol.